The summed E-state index contributed by atoms with van der Waals surface area (Å²) in [6.45, 7) is 1.09. The molecule has 28 heavy (non-hydrogen) atoms. The first-order valence-electron chi connectivity index (χ1n) is 8.80. The number of rotatable bonds is 4. The lowest BCUT2D eigenvalue weighted by atomic mass is 10.1. The highest BCUT2D eigenvalue weighted by atomic mass is 35.5. The van der Waals surface area contributed by atoms with Crippen LogP contribution in [-0.2, 0) is 11.2 Å². The van der Waals surface area contributed by atoms with E-state index in [0.29, 0.717) is 40.3 Å². The average molecular weight is 421 g/mol. The summed E-state index contributed by atoms with van der Waals surface area (Å²) in [5, 5.41) is 3.18. The fraction of sp³-hybridized carbons (Fsp3) is 0.300. The molecule has 6 nitrogen and oxygen atoms in total. The highest BCUT2D eigenvalue weighted by molar-refractivity contribution is 8.13. The molecule has 0 aliphatic carbocycles. The van der Waals surface area contributed by atoms with Crippen molar-refractivity contribution in [1.82, 2.24) is 4.90 Å². The Labute approximate surface area is 173 Å². The minimum absolute atomic E-state index is 0.114. The molecule has 0 unspecified atom stereocenters. The summed E-state index contributed by atoms with van der Waals surface area (Å²) < 4.78 is 11.3. The van der Waals surface area contributed by atoms with Crippen LogP contribution in [0.25, 0.3) is 0 Å². The third-order valence-corrected chi connectivity index (χ3v) is 5.35. The van der Waals surface area contributed by atoms with Gasteiger partial charge in [0.15, 0.2) is 11.5 Å². The topological polar surface area (TPSA) is 67.9 Å². The number of benzene rings is 2. The van der Waals surface area contributed by atoms with Crippen LogP contribution in [0.15, 0.2) is 41.3 Å². The first kappa shape index (κ1) is 20.4. The van der Waals surface area contributed by atoms with Crippen LogP contribution in [-0.4, -0.2) is 43.4 Å². The molecule has 2 aromatic carbocycles. The summed E-state index contributed by atoms with van der Waals surface area (Å²) in [6.07, 6.45) is 0.901. The molecule has 0 radical (unpaired) electrons. The number of thioether (sulfide) groups is 1. The third-order valence-electron chi connectivity index (χ3n) is 3.95. The van der Waals surface area contributed by atoms with Crippen LogP contribution in [0.5, 0.6) is 11.5 Å². The predicted molar refractivity (Wildman–Crippen MR) is 111 cm³/mol. The summed E-state index contributed by atoms with van der Waals surface area (Å²) in [5.41, 5.74) is 1.31. The number of fused-ring (bicyclic) bond motifs is 1. The standard InChI is InChI=1S/C20H21ClN2O4S/c1-23(2)20(25)28-17-7-4-3-6-15(17)22-18(24)12-13-10-14(21)19-16(11-13)26-8-5-9-27-19/h3-4,6-7,10-11H,5,8-9,12H2,1-2H3,(H,22,24). The molecular weight excluding hydrogens is 400 g/mol. The van der Waals surface area contributed by atoms with Crippen molar-refractivity contribution in [2.24, 2.45) is 0 Å². The molecule has 1 heterocycles. The number of hydrogen-bond acceptors (Lipinski definition) is 5. The lowest BCUT2D eigenvalue weighted by molar-refractivity contribution is -0.115. The maximum absolute atomic E-state index is 12.6. The number of hydrogen-bond donors (Lipinski definition) is 1. The van der Waals surface area contributed by atoms with Crippen molar-refractivity contribution in [1.29, 1.82) is 0 Å². The van der Waals surface area contributed by atoms with E-state index in [4.69, 9.17) is 21.1 Å². The van der Waals surface area contributed by atoms with Gasteiger partial charge in [0.05, 0.1) is 30.3 Å². The van der Waals surface area contributed by atoms with Gasteiger partial charge in [-0.3, -0.25) is 9.59 Å². The largest absolute Gasteiger partial charge is 0.489 e. The Hall–Kier alpha value is -2.38. The average Bonchev–Trinajstić information content (AvgIpc) is 2.89. The van der Waals surface area contributed by atoms with E-state index in [2.05, 4.69) is 5.32 Å². The minimum Gasteiger partial charge on any atom is -0.489 e. The van der Waals surface area contributed by atoms with E-state index >= 15 is 0 Å². The number of nitrogens with zero attached hydrogens (tertiary/aromatic N) is 1. The molecule has 0 fully saturated rings. The van der Waals surface area contributed by atoms with Crippen molar-refractivity contribution in [3.63, 3.8) is 0 Å². The molecule has 0 saturated carbocycles. The molecule has 0 spiro atoms. The van der Waals surface area contributed by atoms with E-state index in [1.807, 2.05) is 12.1 Å². The van der Waals surface area contributed by atoms with Gasteiger partial charge in [0.25, 0.3) is 5.24 Å². The van der Waals surface area contributed by atoms with Crippen molar-refractivity contribution in [3.8, 4) is 11.5 Å². The Bertz CT molecular complexity index is 889. The lowest BCUT2D eigenvalue weighted by Gasteiger charge is -2.14. The molecule has 2 amide bonds. The van der Waals surface area contributed by atoms with Gasteiger partial charge in [-0.2, -0.15) is 0 Å². The number of para-hydroxylation sites is 1. The number of carbonyl (C=O) groups is 2. The second kappa shape index (κ2) is 9.21. The second-order valence-electron chi connectivity index (χ2n) is 6.44. The van der Waals surface area contributed by atoms with Crippen LogP contribution in [0.2, 0.25) is 5.02 Å². The Morgan fingerprint density at radius 2 is 1.93 bits per heavy atom. The highest BCUT2D eigenvalue weighted by Gasteiger charge is 2.18. The lowest BCUT2D eigenvalue weighted by Crippen LogP contribution is -2.18. The van der Waals surface area contributed by atoms with Crippen molar-refractivity contribution < 1.29 is 19.1 Å². The fourth-order valence-electron chi connectivity index (χ4n) is 2.61. The predicted octanol–water partition coefficient (Wildman–Crippen LogP) is 4.46. The molecule has 1 N–H and O–H groups in total. The molecule has 0 saturated heterocycles. The maximum atomic E-state index is 12.6. The molecule has 8 heteroatoms. The number of halogens is 1. The Balaban J connectivity index is 1.72. The van der Waals surface area contributed by atoms with Crippen molar-refractivity contribution >= 4 is 40.2 Å². The molecule has 3 rings (SSSR count). The van der Waals surface area contributed by atoms with Crippen molar-refractivity contribution in [2.45, 2.75) is 17.7 Å². The molecule has 0 aromatic heterocycles. The van der Waals surface area contributed by atoms with Crippen molar-refractivity contribution in [2.75, 3.05) is 32.6 Å². The van der Waals surface area contributed by atoms with Gasteiger partial charge in [-0.1, -0.05) is 23.7 Å². The summed E-state index contributed by atoms with van der Waals surface area (Å²) in [5.74, 6) is 0.864. The maximum Gasteiger partial charge on any atom is 0.286 e. The Morgan fingerprint density at radius 1 is 1.18 bits per heavy atom. The van der Waals surface area contributed by atoms with E-state index < -0.39 is 0 Å². The second-order valence-corrected chi connectivity index (χ2v) is 7.84. The van der Waals surface area contributed by atoms with Gasteiger partial charge >= 0.3 is 0 Å². The number of anilines is 1. The molecule has 0 atom stereocenters. The van der Waals surface area contributed by atoms with Gasteiger partial charge in [0.2, 0.25) is 5.91 Å². The van der Waals surface area contributed by atoms with Crippen LogP contribution < -0.4 is 14.8 Å². The smallest absolute Gasteiger partial charge is 0.286 e. The van der Waals surface area contributed by atoms with Crippen LogP contribution in [0, 0.1) is 0 Å². The van der Waals surface area contributed by atoms with Gasteiger partial charge in [-0.25, -0.2) is 0 Å². The van der Waals surface area contributed by atoms with Crippen LogP contribution in [0.1, 0.15) is 12.0 Å². The third kappa shape index (κ3) is 5.11. The van der Waals surface area contributed by atoms with Gasteiger partial charge in [0, 0.05) is 25.4 Å². The Morgan fingerprint density at radius 3 is 2.71 bits per heavy atom. The summed E-state index contributed by atoms with van der Waals surface area (Å²) in [6, 6.07) is 10.7. The molecule has 2 aromatic rings. The van der Waals surface area contributed by atoms with E-state index in [-0.39, 0.29) is 17.6 Å². The first-order valence-corrected chi connectivity index (χ1v) is 9.99. The molecule has 1 aliphatic heterocycles. The quantitative estimate of drug-likeness (QED) is 0.740. The van der Waals surface area contributed by atoms with Gasteiger partial charge in [0.1, 0.15) is 0 Å². The SMILES string of the molecule is CN(C)C(=O)Sc1ccccc1NC(=O)Cc1cc(Cl)c2c(c1)OCCCO2. The van der Waals surface area contributed by atoms with Crippen LogP contribution in [0.4, 0.5) is 10.5 Å². The van der Waals surface area contributed by atoms with Crippen LogP contribution >= 0.6 is 23.4 Å². The zero-order valence-electron chi connectivity index (χ0n) is 15.7. The van der Waals surface area contributed by atoms with E-state index in [1.165, 1.54) is 4.90 Å². The minimum atomic E-state index is -0.212. The molecule has 148 valence electrons. The van der Waals surface area contributed by atoms with E-state index in [9.17, 15) is 9.59 Å². The van der Waals surface area contributed by atoms with Crippen LogP contribution in [0.3, 0.4) is 0 Å². The van der Waals surface area contributed by atoms with Gasteiger partial charge in [-0.15, -0.1) is 0 Å². The fourth-order valence-corrected chi connectivity index (χ4v) is 3.64. The summed E-state index contributed by atoms with van der Waals surface area (Å²) in [7, 11) is 3.37. The molecule has 0 bridgehead atoms. The zero-order chi connectivity index (χ0) is 20.1. The Kier molecular flexibility index (Phi) is 6.70. The number of carbonyl (C=O) groups excluding carboxylic acids is 2. The number of amides is 2. The highest BCUT2D eigenvalue weighted by Crippen LogP contribution is 2.38. The number of ether oxygens (including phenoxy) is 2. The summed E-state index contributed by atoms with van der Waals surface area (Å²) in [4.78, 5) is 26.7. The van der Waals surface area contributed by atoms with E-state index in [1.54, 1.807) is 38.4 Å². The normalized spacial score (nSPS) is 12.8. The number of nitrogens with one attached hydrogen (secondary N) is 1. The van der Waals surface area contributed by atoms with Gasteiger partial charge in [-0.05, 0) is 41.6 Å². The monoisotopic (exact) mass is 420 g/mol. The molecule has 1 aliphatic rings. The van der Waals surface area contributed by atoms with E-state index in [0.717, 1.165) is 23.7 Å². The summed E-state index contributed by atoms with van der Waals surface area (Å²) >= 11 is 7.36. The molecular formula is C20H21ClN2O4S. The van der Waals surface area contributed by atoms with Crippen molar-refractivity contribution in [3.05, 3.63) is 47.0 Å². The van der Waals surface area contributed by atoms with Gasteiger partial charge < -0.3 is 19.7 Å². The first-order chi connectivity index (χ1) is 13.4. The zero-order valence-corrected chi connectivity index (χ0v) is 17.2.